The maximum atomic E-state index is 9.25. The number of anilines is 1. The molecule has 2 aliphatic heterocycles. The van der Waals surface area contributed by atoms with Crippen LogP contribution >= 0.6 is 0 Å². The Balaban J connectivity index is 1.55. The quantitative estimate of drug-likeness (QED) is 0.853. The Kier molecular flexibility index (Phi) is 4.97. The summed E-state index contributed by atoms with van der Waals surface area (Å²) in [5, 5.41) is 9.25. The first-order valence-electron chi connectivity index (χ1n) is 8.52. The van der Waals surface area contributed by atoms with Crippen LogP contribution in [-0.4, -0.2) is 61.7 Å². The first-order chi connectivity index (χ1) is 10.8. The van der Waals surface area contributed by atoms with E-state index in [-0.39, 0.29) is 0 Å². The van der Waals surface area contributed by atoms with Crippen molar-refractivity contribution in [2.75, 3.05) is 50.7 Å². The van der Waals surface area contributed by atoms with E-state index >= 15 is 0 Å². The van der Waals surface area contributed by atoms with Crippen molar-refractivity contribution in [1.29, 1.82) is 5.26 Å². The van der Waals surface area contributed by atoms with Gasteiger partial charge in [0, 0.05) is 38.8 Å². The Morgan fingerprint density at radius 2 is 1.91 bits per heavy atom. The van der Waals surface area contributed by atoms with E-state index in [0.29, 0.717) is 0 Å². The number of hydrogen-bond acceptors (Lipinski definition) is 4. The molecule has 2 aliphatic rings. The fourth-order valence-corrected chi connectivity index (χ4v) is 3.83. The van der Waals surface area contributed by atoms with Gasteiger partial charge in [0.25, 0.3) is 0 Å². The van der Waals surface area contributed by atoms with Gasteiger partial charge in [-0.05, 0) is 38.1 Å². The fourth-order valence-electron chi connectivity index (χ4n) is 3.83. The van der Waals surface area contributed by atoms with Crippen molar-refractivity contribution in [3.63, 3.8) is 0 Å². The molecule has 0 aromatic heterocycles. The van der Waals surface area contributed by atoms with Gasteiger partial charge in [0.2, 0.25) is 0 Å². The number of nitrogens with zero attached hydrogens (tertiary/aromatic N) is 4. The first kappa shape index (κ1) is 15.3. The van der Waals surface area contributed by atoms with E-state index in [2.05, 4.69) is 33.8 Å². The molecule has 2 heterocycles. The molecule has 0 radical (unpaired) electrons. The molecule has 3 rings (SSSR count). The third-order valence-electron chi connectivity index (χ3n) is 5.11. The monoisotopic (exact) mass is 298 g/mol. The number of para-hydroxylation sites is 1. The molecule has 0 spiro atoms. The first-order valence-corrected chi connectivity index (χ1v) is 8.52. The maximum Gasteiger partial charge on any atom is 0.101 e. The summed E-state index contributed by atoms with van der Waals surface area (Å²) in [6, 6.07) is 11.0. The van der Waals surface area contributed by atoms with Gasteiger partial charge in [-0.15, -0.1) is 0 Å². The average Bonchev–Trinajstić information content (AvgIpc) is 3.02. The van der Waals surface area contributed by atoms with Crippen molar-refractivity contribution in [2.45, 2.75) is 25.8 Å². The zero-order valence-corrected chi connectivity index (χ0v) is 13.5. The van der Waals surface area contributed by atoms with E-state index in [1.807, 2.05) is 18.2 Å². The van der Waals surface area contributed by atoms with Crippen LogP contribution in [-0.2, 0) is 0 Å². The standard InChI is InChI=1S/C18H26N4/c1-2-21-9-5-7-17(21)15-20-10-12-22(13-11-20)18-8-4-3-6-16(18)14-19/h3-4,6,8,17H,2,5,7,9-13,15H2,1H3. The zero-order chi connectivity index (χ0) is 15.4. The third kappa shape index (κ3) is 3.26. The molecule has 1 aromatic rings. The molecular weight excluding hydrogens is 272 g/mol. The normalized spacial score (nSPS) is 23.6. The molecule has 0 aliphatic carbocycles. The third-order valence-corrected chi connectivity index (χ3v) is 5.11. The molecule has 4 heteroatoms. The van der Waals surface area contributed by atoms with Gasteiger partial charge in [-0.3, -0.25) is 9.80 Å². The molecule has 1 atom stereocenters. The second-order valence-electron chi connectivity index (χ2n) is 6.34. The van der Waals surface area contributed by atoms with Crippen molar-refractivity contribution in [2.24, 2.45) is 0 Å². The Morgan fingerprint density at radius 3 is 2.64 bits per heavy atom. The van der Waals surface area contributed by atoms with Crippen LogP contribution < -0.4 is 4.90 Å². The van der Waals surface area contributed by atoms with Gasteiger partial charge in [-0.2, -0.15) is 5.26 Å². The lowest BCUT2D eigenvalue weighted by molar-refractivity contribution is 0.170. The molecule has 0 bridgehead atoms. The molecular formula is C18H26N4. The predicted molar refractivity (Wildman–Crippen MR) is 90.1 cm³/mol. The van der Waals surface area contributed by atoms with Gasteiger partial charge in [-0.25, -0.2) is 0 Å². The van der Waals surface area contributed by atoms with E-state index in [1.54, 1.807) is 0 Å². The number of rotatable bonds is 4. The average molecular weight is 298 g/mol. The minimum atomic E-state index is 0.753. The van der Waals surface area contributed by atoms with Gasteiger partial charge in [0.15, 0.2) is 0 Å². The summed E-state index contributed by atoms with van der Waals surface area (Å²) in [7, 11) is 0. The lowest BCUT2D eigenvalue weighted by Crippen LogP contribution is -2.50. The zero-order valence-electron chi connectivity index (χ0n) is 13.5. The highest BCUT2D eigenvalue weighted by Gasteiger charge is 2.27. The van der Waals surface area contributed by atoms with Gasteiger partial charge < -0.3 is 4.90 Å². The Morgan fingerprint density at radius 1 is 1.14 bits per heavy atom. The van der Waals surface area contributed by atoms with E-state index < -0.39 is 0 Å². The molecule has 2 saturated heterocycles. The lowest BCUT2D eigenvalue weighted by atomic mass is 10.1. The van der Waals surface area contributed by atoms with Gasteiger partial charge in [0.1, 0.15) is 6.07 Å². The molecule has 1 aromatic carbocycles. The van der Waals surface area contributed by atoms with Crippen molar-refractivity contribution < 1.29 is 0 Å². The minimum absolute atomic E-state index is 0.753. The molecule has 0 saturated carbocycles. The SMILES string of the molecule is CCN1CCCC1CN1CCN(c2ccccc2C#N)CC1. The van der Waals surface area contributed by atoms with Crippen LogP contribution in [0.25, 0.3) is 0 Å². The van der Waals surface area contributed by atoms with Crippen LogP contribution in [0.4, 0.5) is 5.69 Å². The summed E-state index contributed by atoms with van der Waals surface area (Å²) in [5.74, 6) is 0. The summed E-state index contributed by atoms with van der Waals surface area (Å²) in [6.07, 6.45) is 2.71. The molecule has 0 amide bonds. The summed E-state index contributed by atoms with van der Waals surface area (Å²) >= 11 is 0. The highest BCUT2D eigenvalue weighted by atomic mass is 15.3. The second kappa shape index (κ2) is 7.13. The number of benzene rings is 1. The Bertz CT molecular complexity index is 528. The smallest absolute Gasteiger partial charge is 0.101 e. The van der Waals surface area contributed by atoms with E-state index in [1.165, 1.54) is 32.5 Å². The van der Waals surface area contributed by atoms with E-state index in [9.17, 15) is 5.26 Å². The Hall–Kier alpha value is -1.57. The second-order valence-corrected chi connectivity index (χ2v) is 6.34. The predicted octanol–water partition coefficient (Wildman–Crippen LogP) is 2.16. The van der Waals surface area contributed by atoms with Crippen LogP contribution in [0.3, 0.4) is 0 Å². The molecule has 0 N–H and O–H groups in total. The number of piperazine rings is 1. The van der Waals surface area contributed by atoms with Gasteiger partial charge in [0.05, 0.1) is 11.3 Å². The van der Waals surface area contributed by atoms with Crippen molar-refractivity contribution >= 4 is 5.69 Å². The van der Waals surface area contributed by atoms with Crippen LogP contribution in [0.2, 0.25) is 0 Å². The summed E-state index contributed by atoms with van der Waals surface area (Å²) in [5.41, 5.74) is 1.89. The van der Waals surface area contributed by atoms with Crippen molar-refractivity contribution in [3.05, 3.63) is 29.8 Å². The van der Waals surface area contributed by atoms with Gasteiger partial charge >= 0.3 is 0 Å². The number of hydrogen-bond donors (Lipinski definition) is 0. The van der Waals surface area contributed by atoms with Crippen molar-refractivity contribution in [3.8, 4) is 6.07 Å². The highest BCUT2D eigenvalue weighted by molar-refractivity contribution is 5.59. The number of nitriles is 1. The summed E-state index contributed by atoms with van der Waals surface area (Å²) in [6.45, 7) is 10.2. The minimum Gasteiger partial charge on any atom is -0.368 e. The molecule has 1 unspecified atom stereocenters. The lowest BCUT2D eigenvalue weighted by Gasteiger charge is -2.38. The number of likely N-dealkylation sites (N-methyl/N-ethyl adjacent to an activating group) is 1. The summed E-state index contributed by atoms with van der Waals surface area (Å²) < 4.78 is 0. The van der Waals surface area contributed by atoms with Gasteiger partial charge in [-0.1, -0.05) is 19.1 Å². The van der Waals surface area contributed by atoms with Crippen LogP contribution in [0.5, 0.6) is 0 Å². The topological polar surface area (TPSA) is 33.5 Å². The molecule has 2 fully saturated rings. The highest BCUT2D eigenvalue weighted by Crippen LogP contribution is 2.22. The number of likely N-dealkylation sites (tertiary alicyclic amines) is 1. The Labute approximate surface area is 133 Å². The largest absolute Gasteiger partial charge is 0.368 e. The van der Waals surface area contributed by atoms with Crippen LogP contribution in [0.15, 0.2) is 24.3 Å². The van der Waals surface area contributed by atoms with E-state index in [4.69, 9.17) is 0 Å². The molecule has 118 valence electrons. The van der Waals surface area contributed by atoms with Crippen LogP contribution in [0.1, 0.15) is 25.3 Å². The molecule has 22 heavy (non-hydrogen) atoms. The molecule has 4 nitrogen and oxygen atoms in total. The fraction of sp³-hybridized carbons (Fsp3) is 0.611. The van der Waals surface area contributed by atoms with E-state index in [0.717, 1.165) is 43.5 Å². The maximum absolute atomic E-state index is 9.25. The van der Waals surface area contributed by atoms with Crippen LogP contribution in [0, 0.1) is 11.3 Å². The van der Waals surface area contributed by atoms with Crippen molar-refractivity contribution in [1.82, 2.24) is 9.80 Å². The summed E-state index contributed by atoms with van der Waals surface area (Å²) in [4.78, 5) is 7.59.